The summed E-state index contributed by atoms with van der Waals surface area (Å²) in [5, 5.41) is 0. The second-order valence-electron chi connectivity index (χ2n) is 5.54. The van der Waals surface area contributed by atoms with Crippen molar-refractivity contribution in [3.8, 4) is 0 Å². The van der Waals surface area contributed by atoms with E-state index in [2.05, 4.69) is 6.92 Å². The van der Waals surface area contributed by atoms with Gasteiger partial charge in [-0.2, -0.15) is 0 Å². The fourth-order valence-electron chi connectivity index (χ4n) is 2.74. The van der Waals surface area contributed by atoms with Crippen molar-refractivity contribution in [3.63, 3.8) is 0 Å². The van der Waals surface area contributed by atoms with E-state index in [1.54, 1.807) is 0 Å². The summed E-state index contributed by atoms with van der Waals surface area (Å²) in [6.45, 7) is 2.26. The van der Waals surface area contributed by atoms with Crippen molar-refractivity contribution in [2.45, 2.75) is 45.4 Å². The lowest BCUT2D eigenvalue weighted by Gasteiger charge is -2.26. The first-order valence-electron chi connectivity index (χ1n) is 6.69. The van der Waals surface area contributed by atoms with Gasteiger partial charge in [-0.3, -0.25) is 0 Å². The average molecular weight is 256 g/mol. The molecule has 0 radical (unpaired) electrons. The Labute approximate surface area is 106 Å². The summed E-state index contributed by atoms with van der Waals surface area (Å²) in [6, 6.07) is 2.23. The van der Waals surface area contributed by atoms with E-state index in [1.165, 1.54) is 25.7 Å². The normalized spacial score (nSPS) is 24.2. The van der Waals surface area contributed by atoms with E-state index in [-0.39, 0.29) is 0 Å². The summed E-state index contributed by atoms with van der Waals surface area (Å²) < 4.78 is 38.9. The minimum absolute atomic E-state index is 0.560. The number of rotatable bonds is 3. The van der Waals surface area contributed by atoms with Crippen LogP contribution in [-0.4, -0.2) is 0 Å². The van der Waals surface area contributed by atoms with E-state index in [4.69, 9.17) is 0 Å². The lowest BCUT2D eigenvalue weighted by Crippen LogP contribution is -2.13. The quantitative estimate of drug-likeness (QED) is 0.677. The van der Waals surface area contributed by atoms with Crippen molar-refractivity contribution in [2.75, 3.05) is 0 Å². The van der Waals surface area contributed by atoms with Crippen molar-refractivity contribution in [1.29, 1.82) is 0 Å². The van der Waals surface area contributed by atoms with Gasteiger partial charge in [-0.1, -0.05) is 32.6 Å². The molecular formula is C15H19F3. The molecule has 0 aromatic heterocycles. The first-order valence-corrected chi connectivity index (χ1v) is 6.69. The number of hydrogen-bond donors (Lipinski definition) is 0. The number of halogens is 3. The lowest BCUT2D eigenvalue weighted by atomic mass is 9.80. The molecule has 3 heteroatoms. The van der Waals surface area contributed by atoms with Crippen molar-refractivity contribution in [1.82, 2.24) is 0 Å². The average Bonchev–Trinajstić information content (AvgIpc) is 2.35. The van der Waals surface area contributed by atoms with Crippen LogP contribution in [0.1, 0.15) is 44.6 Å². The highest BCUT2D eigenvalue weighted by Gasteiger charge is 2.18. The fraction of sp³-hybridized carbons (Fsp3) is 0.600. The summed E-state index contributed by atoms with van der Waals surface area (Å²) in [5.74, 6) is -2.07. The zero-order valence-corrected chi connectivity index (χ0v) is 10.7. The monoisotopic (exact) mass is 256 g/mol. The molecule has 0 amide bonds. The Balaban J connectivity index is 1.90. The smallest absolute Gasteiger partial charge is 0.194 e. The van der Waals surface area contributed by atoms with Crippen LogP contribution in [-0.2, 0) is 6.42 Å². The standard InChI is InChI=1S/C15H19F3/c1-10-2-4-11(5-3-10)6-7-12-8-13(16)15(18)14(17)9-12/h8-11H,2-7H2,1H3/t10-,11-. The Kier molecular flexibility index (Phi) is 4.31. The minimum Gasteiger partial charge on any atom is -0.204 e. The highest BCUT2D eigenvalue weighted by Crippen LogP contribution is 2.31. The predicted molar refractivity (Wildman–Crippen MR) is 65.8 cm³/mol. The van der Waals surface area contributed by atoms with Gasteiger partial charge < -0.3 is 0 Å². The van der Waals surface area contributed by atoms with Gasteiger partial charge in [-0.15, -0.1) is 0 Å². The molecule has 0 bridgehead atoms. The van der Waals surface area contributed by atoms with Gasteiger partial charge in [-0.05, 0) is 42.4 Å². The molecule has 0 N–H and O–H groups in total. The van der Waals surface area contributed by atoms with Gasteiger partial charge in [0.1, 0.15) is 0 Å². The van der Waals surface area contributed by atoms with Crippen LogP contribution in [0.2, 0.25) is 0 Å². The summed E-state index contributed by atoms with van der Waals surface area (Å²) in [5.41, 5.74) is 0.560. The van der Waals surface area contributed by atoms with E-state index in [1.807, 2.05) is 0 Å². The van der Waals surface area contributed by atoms with Crippen LogP contribution in [0.15, 0.2) is 12.1 Å². The van der Waals surface area contributed by atoms with Crippen LogP contribution in [0.3, 0.4) is 0 Å². The first kappa shape index (κ1) is 13.4. The Morgan fingerprint density at radius 1 is 1.00 bits per heavy atom. The second-order valence-corrected chi connectivity index (χ2v) is 5.54. The van der Waals surface area contributed by atoms with Crippen LogP contribution in [0.25, 0.3) is 0 Å². The molecule has 0 heterocycles. The SMILES string of the molecule is C[C@H]1CC[C@H](CCc2cc(F)c(F)c(F)c2)CC1. The summed E-state index contributed by atoms with van der Waals surface area (Å²) in [6.07, 6.45) is 6.47. The molecule has 1 aliphatic carbocycles. The zero-order valence-electron chi connectivity index (χ0n) is 10.7. The third-order valence-corrected chi connectivity index (χ3v) is 4.02. The van der Waals surface area contributed by atoms with E-state index in [0.717, 1.165) is 24.5 Å². The second kappa shape index (κ2) is 5.77. The van der Waals surface area contributed by atoms with Crippen LogP contribution in [0.5, 0.6) is 0 Å². The van der Waals surface area contributed by atoms with Crippen molar-refractivity contribution in [3.05, 3.63) is 35.1 Å². The number of hydrogen-bond acceptors (Lipinski definition) is 0. The van der Waals surface area contributed by atoms with Crippen LogP contribution >= 0.6 is 0 Å². The number of aryl methyl sites for hydroxylation is 1. The summed E-state index contributed by atoms with van der Waals surface area (Å²) in [4.78, 5) is 0. The molecule has 1 aromatic rings. The Bertz CT molecular complexity index is 383. The molecule has 1 fully saturated rings. The van der Waals surface area contributed by atoms with Crippen LogP contribution in [0.4, 0.5) is 13.2 Å². The largest absolute Gasteiger partial charge is 0.204 e. The Morgan fingerprint density at radius 2 is 1.56 bits per heavy atom. The predicted octanol–water partition coefficient (Wildman–Crippen LogP) is 4.86. The molecule has 0 spiro atoms. The third-order valence-electron chi connectivity index (χ3n) is 4.02. The third kappa shape index (κ3) is 3.27. The minimum atomic E-state index is -1.37. The Hall–Kier alpha value is -0.990. The van der Waals surface area contributed by atoms with E-state index < -0.39 is 17.5 Å². The molecule has 0 atom stereocenters. The summed E-state index contributed by atoms with van der Waals surface area (Å²) >= 11 is 0. The molecule has 1 aliphatic rings. The molecule has 0 unspecified atom stereocenters. The number of benzene rings is 1. The highest BCUT2D eigenvalue weighted by molar-refractivity contribution is 5.19. The molecule has 0 aliphatic heterocycles. The maximum Gasteiger partial charge on any atom is 0.194 e. The molecule has 100 valence electrons. The molecule has 1 aromatic carbocycles. The molecule has 1 saturated carbocycles. The first-order chi connectivity index (χ1) is 8.56. The van der Waals surface area contributed by atoms with Crippen molar-refractivity contribution >= 4 is 0 Å². The van der Waals surface area contributed by atoms with Crippen molar-refractivity contribution < 1.29 is 13.2 Å². The van der Waals surface area contributed by atoms with E-state index in [9.17, 15) is 13.2 Å². The van der Waals surface area contributed by atoms with Gasteiger partial charge in [0.15, 0.2) is 17.5 Å². The topological polar surface area (TPSA) is 0 Å². The van der Waals surface area contributed by atoms with Gasteiger partial charge >= 0.3 is 0 Å². The van der Waals surface area contributed by atoms with Gasteiger partial charge in [0.05, 0.1) is 0 Å². The van der Waals surface area contributed by atoms with Crippen LogP contribution < -0.4 is 0 Å². The van der Waals surface area contributed by atoms with Crippen LogP contribution in [0, 0.1) is 29.3 Å². The zero-order chi connectivity index (χ0) is 13.1. The lowest BCUT2D eigenvalue weighted by molar-refractivity contribution is 0.277. The van der Waals surface area contributed by atoms with Gasteiger partial charge in [0.25, 0.3) is 0 Å². The maximum atomic E-state index is 13.0. The van der Waals surface area contributed by atoms with Crippen molar-refractivity contribution in [2.24, 2.45) is 11.8 Å². The van der Waals surface area contributed by atoms with Gasteiger partial charge in [-0.25, -0.2) is 13.2 Å². The molecule has 18 heavy (non-hydrogen) atoms. The molecular weight excluding hydrogens is 237 g/mol. The van der Waals surface area contributed by atoms with E-state index >= 15 is 0 Å². The highest BCUT2D eigenvalue weighted by atomic mass is 19.2. The Morgan fingerprint density at radius 3 is 2.11 bits per heavy atom. The summed E-state index contributed by atoms with van der Waals surface area (Å²) in [7, 11) is 0. The molecule has 0 nitrogen and oxygen atoms in total. The van der Waals surface area contributed by atoms with Gasteiger partial charge in [0.2, 0.25) is 0 Å². The van der Waals surface area contributed by atoms with E-state index in [0.29, 0.717) is 17.9 Å². The van der Waals surface area contributed by atoms with Gasteiger partial charge in [0, 0.05) is 0 Å². The molecule has 0 saturated heterocycles. The fourth-order valence-corrected chi connectivity index (χ4v) is 2.74. The maximum absolute atomic E-state index is 13.0. The molecule has 2 rings (SSSR count).